The van der Waals surface area contributed by atoms with Gasteiger partial charge in [0.1, 0.15) is 6.33 Å². The number of aromatic nitrogens is 4. The molecule has 0 aliphatic carbocycles. The highest BCUT2D eigenvalue weighted by molar-refractivity contribution is 6.33. The van der Waals surface area contributed by atoms with Gasteiger partial charge in [-0.3, -0.25) is 0 Å². The van der Waals surface area contributed by atoms with Gasteiger partial charge in [-0.05, 0) is 12.1 Å². The second-order valence-electron chi connectivity index (χ2n) is 3.28. The highest BCUT2D eigenvalue weighted by atomic mass is 35.5. The van der Waals surface area contributed by atoms with Crippen molar-refractivity contribution in [1.29, 1.82) is 0 Å². The van der Waals surface area contributed by atoms with Gasteiger partial charge in [0.15, 0.2) is 0 Å². The van der Waals surface area contributed by atoms with Gasteiger partial charge < -0.3 is 0 Å². The van der Waals surface area contributed by atoms with E-state index in [0.717, 1.165) is 11.3 Å². The van der Waals surface area contributed by atoms with Crippen molar-refractivity contribution in [2.75, 3.05) is 0 Å². The third-order valence-corrected chi connectivity index (χ3v) is 2.66. The summed E-state index contributed by atoms with van der Waals surface area (Å²) < 4.78 is 1.67. The van der Waals surface area contributed by atoms with Crippen LogP contribution < -0.4 is 0 Å². The van der Waals surface area contributed by atoms with Crippen LogP contribution in [-0.2, 0) is 0 Å². The zero-order valence-electron chi connectivity index (χ0n) is 8.21. The second kappa shape index (κ2) is 3.57. The van der Waals surface area contributed by atoms with E-state index >= 15 is 0 Å². The molecule has 0 aliphatic rings. The van der Waals surface area contributed by atoms with Crippen LogP contribution in [0.5, 0.6) is 0 Å². The molecule has 2 aromatic heterocycles. The van der Waals surface area contributed by atoms with E-state index in [0.29, 0.717) is 10.8 Å². The maximum atomic E-state index is 6.14. The molecule has 5 heteroatoms. The highest BCUT2D eigenvalue weighted by Gasteiger charge is 2.08. The van der Waals surface area contributed by atoms with Crippen molar-refractivity contribution in [3.63, 3.8) is 0 Å². The summed E-state index contributed by atoms with van der Waals surface area (Å²) in [6.45, 7) is 0. The predicted molar refractivity (Wildman–Crippen MR) is 61.2 cm³/mol. The largest absolute Gasteiger partial charge is 0.252 e. The number of fused-ring (bicyclic) bond motifs is 1. The standard InChI is InChI=1S/C11H7ClN4/c12-9-4-2-1-3-8(9)10-5-6-13-11-14-7-15-16(10)11/h1-7H. The van der Waals surface area contributed by atoms with E-state index in [9.17, 15) is 0 Å². The van der Waals surface area contributed by atoms with Crippen LogP contribution in [0.4, 0.5) is 0 Å². The van der Waals surface area contributed by atoms with E-state index in [1.54, 1.807) is 10.7 Å². The van der Waals surface area contributed by atoms with E-state index in [1.807, 2.05) is 30.3 Å². The van der Waals surface area contributed by atoms with Crippen molar-refractivity contribution in [2.24, 2.45) is 0 Å². The van der Waals surface area contributed by atoms with E-state index in [-0.39, 0.29) is 0 Å². The lowest BCUT2D eigenvalue weighted by molar-refractivity contribution is 0.948. The van der Waals surface area contributed by atoms with Gasteiger partial charge in [-0.15, -0.1) is 0 Å². The molecule has 0 N–H and O–H groups in total. The van der Waals surface area contributed by atoms with Gasteiger partial charge in [0.2, 0.25) is 0 Å². The predicted octanol–water partition coefficient (Wildman–Crippen LogP) is 2.44. The molecule has 3 aromatic rings. The maximum Gasteiger partial charge on any atom is 0.252 e. The van der Waals surface area contributed by atoms with Crippen molar-refractivity contribution in [2.45, 2.75) is 0 Å². The van der Waals surface area contributed by atoms with E-state index < -0.39 is 0 Å². The molecule has 0 spiro atoms. The molecular formula is C11H7ClN4. The zero-order chi connectivity index (χ0) is 11.0. The van der Waals surface area contributed by atoms with Crippen LogP contribution in [0.2, 0.25) is 5.02 Å². The van der Waals surface area contributed by atoms with Crippen molar-refractivity contribution >= 4 is 17.4 Å². The Bertz CT molecular complexity index is 647. The lowest BCUT2D eigenvalue weighted by atomic mass is 10.1. The summed E-state index contributed by atoms with van der Waals surface area (Å²) in [5.74, 6) is 0.567. The molecule has 3 rings (SSSR count). The third kappa shape index (κ3) is 1.35. The van der Waals surface area contributed by atoms with Gasteiger partial charge >= 0.3 is 0 Å². The minimum atomic E-state index is 0.567. The zero-order valence-corrected chi connectivity index (χ0v) is 8.96. The number of nitrogens with zero attached hydrogens (tertiary/aromatic N) is 4. The molecule has 0 radical (unpaired) electrons. The summed E-state index contributed by atoms with van der Waals surface area (Å²) in [4.78, 5) is 8.14. The molecule has 4 nitrogen and oxygen atoms in total. The van der Waals surface area contributed by atoms with E-state index in [2.05, 4.69) is 15.1 Å². The fourth-order valence-electron chi connectivity index (χ4n) is 1.61. The Hall–Kier alpha value is -1.94. The number of halogens is 1. The van der Waals surface area contributed by atoms with Gasteiger partial charge in [0, 0.05) is 16.8 Å². The molecule has 0 amide bonds. The van der Waals surface area contributed by atoms with E-state index in [4.69, 9.17) is 11.6 Å². The smallest absolute Gasteiger partial charge is 0.220 e. The third-order valence-electron chi connectivity index (χ3n) is 2.33. The molecule has 16 heavy (non-hydrogen) atoms. The van der Waals surface area contributed by atoms with Crippen molar-refractivity contribution < 1.29 is 0 Å². The minimum Gasteiger partial charge on any atom is -0.220 e. The molecular weight excluding hydrogens is 224 g/mol. The first-order chi connectivity index (χ1) is 7.86. The first-order valence-electron chi connectivity index (χ1n) is 4.76. The Morgan fingerprint density at radius 2 is 1.94 bits per heavy atom. The number of hydrogen-bond donors (Lipinski definition) is 0. The summed E-state index contributed by atoms with van der Waals surface area (Å²) in [5, 5.41) is 4.81. The number of hydrogen-bond acceptors (Lipinski definition) is 3. The molecule has 0 saturated carbocycles. The van der Waals surface area contributed by atoms with Crippen LogP contribution >= 0.6 is 11.6 Å². The fourth-order valence-corrected chi connectivity index (χ4v) is 1.84. The topological polar surface area (TPSA) is 43.1 Å². The van der Waals surface area contributed by atoms with Gasteiger partial charge in [-0.25, -0.2) is 4.98 Å². The Morgan fingerprint density at radius 3 is 2.81 bits per heavy atom. The van der Waals surface area contributed by atoms with Gasteiger partial charge in [0.05, 0.1) is 5.69 Å². The summed E-state index contributed by atoms with van der Waals surface area (Å²) in [7, 11) is 0. The molecule has 0 fully saturated rings. The highest BCUT2D eigenvalue weighted by Crippen LogP contribution is 2.26. The molecule has 0 aliphatic heterocycles. The van der Waals surface area contributed by atoms with Crippen molar-refractivity contribution in [3.8, 4) is 11.3 Å². The van der Waals surface area contributed by atoms with Crippen LogP contribution in [0, 0.1) is 0 Å². The summed E-state index contributed by atoms with van der Waals surface area (Å²) in [6, 6.07) is 9.48. The Labute approximate surface area is 96.5 Å². The van der Waals surface area contributed by atoms with Crippen LogP contribution in [0.3, 0.4) is 0 Å². The van der Waals surface area contributed by atoms with Gasteiger partial charge in [-0.2, -0.15) is 14.6 Å². The van der Waals surface area contributed by atoms with Gasteiger partial charge in [-0.1, -0.05) is 29.8 Å². The molecule has 0 unspecified atom stereocenters. The van der Waals surface area contributed by atoms with E-state index in [1.165, 1.54) is 6.33 Å². The lowest BCUT2D eigenvalue weighted by Crippen LogP contribution is -1.95. The molecule has 0 atom stereocenters. The van der Waals surface area contributed by atoms with Crippen LogP contribution in [0.1, 0.15) is 0 Å². The van der Waals surface area contributed by atoms with Crippen LogP contribution in [0.25, 0.3) is 17.0 Å². The monoisotopic (exact) mass is 230 g/mol. The lowest BCUT2D eigenvalue weighted by Gasteiger charge is -2.05. The maximum absolute atomic E-state index is 6.14. The van der Waals surface area contributed by atoms with Crippen LogP contribution in [0.15, 0.2) is 42.9 Å². The molecule has 2 heterocycles. The number of rotatable bonds is 1. The molecule has 0 bridgehead atoms. The Balaban J connectivity index is 2.34. The van der Waals surface area contributed by atoms with Crippen molar-refractivity contribution in [1.82, 2.24) is 19.6 Å². The number of benzene rings is 1. The fraction of sp³-hybridized carbons (Fsp3) is 0. The SMILES string of the molecule is Clc1ccccc1-c1ccnc2ncnn12. The Kier molecular flexibility index (Phi) is 2.08. The van der Waals surface area contributed by atoms with Crippen molar-refractivity contribution in [3.05, 3.63) is 47.9 Å². The molecule has 0 saturated heterocycles. The summed E-state index contributed by atoms with van der Waals surface area (Å²) in [6.07, 6.45) is 3.17. The average Bonchev–Trinajstić information content (AvgIpc) is 2.77. The minimum absolute atomic E-state index is 0.567. The normalized spacial score (nSPS) is 10.8. The van der Waals surface area contributed by atoms with Crippen LogP contribution in [-0.4, -0.2) is 19.6 Å². The van der Waals surface area contributed by atoms with Gasteiger partial charge in [0.25, 0.3) is 5.78 Å². The molecule has 1 aromatic carbocycles. The summed E-state index contributed by atoms with van der Waals surface area (Å²) >= 11 is 6.14. The molecule has 78 valence electrons. The second-order valence-corrected chi connectivity index (χ2v) is 3.69. The summed E-state index contributed by atoms with van der Waals surface area (Å²) in [5.41, 5.74) is 1.80. The first-order valence-corrected chi connectivity index (χ1v) is 5.14. The quantitative estimate of drug-likeness (QED) is 0.645. The Morgan fingerprint density at radius 1 is 1.06 bits per heavy atom. The first kappa shape index (κ1) is 9.30. The average molecular weight is 231 g/mol.